The molecule has 182 valence electrons. The van der Waals surface area contributed by atoms with Crippen LogP contribution in [-0.2, 0) is 19.6 Å². The fourth-order valence-corrected chi connectivity index (χ4v) is 6.40. The van der Waals surface area contributed by atoms with Crippen LogP contribution in [0, 0.1) is 6.92 Å². The van der Waals surface area contributed by atoms with Gasteiger partial charge in [0.05, 0.1) is 12.0 Å². The van der Waals surface area contributed by atoms with E-state index in [9.17, 15) is 13.2 Å². The predicted octanol–water partition coefficient (Wildman–Crippen LogP) is 6.39. The van der Waals surface area contributed by atoms with Crippen LogP contribution in [0.25, 0.3) is 0 Å². The highest BCUT2D eigenvalue weighted by atomic mass is 32.2. The van der Waals surface area contributed by atoms with E-state index in [2.05, 4.69) is 11.7 Å². The van der Waals surface area contributed by atoms with E-state index < -0.39 is 10.0 Å². The summed E-state index contributed by atoms with van der Waals surface area (Å²) in [5.74, 6) is -0.141. The molecule has 1 fully saturated rings. The molecule has 1 aliphatic rings. The lowest BCUT2D eigenvalue weighted by molar-refractivity contribution is -0.140. The highest BCUT2D eigenvalue weighted by Crippen LogP contribution is 2.41. The van der Waals surface area contributed by atoms with Gasteiger partial charge in [-0.05, 0) is 38.3 Å². The number of unbranched alkanes of at least 4 members (excludes halogenated alkanes) is 9. The average Bonchev–Trinajstić information content (AvgIpc) is 3.49. The van der Waals surface area contributed by atoms with E-state index in [1.54, 1.807) is 16.4 Å². The maximum absolute atomic E-state index is 13.2. The second-order valence-electron chi connectivity index (χ2n) is 9.22. The molecule has 1 unspecified atom stereocenters. The van der Waals surface area contributed by atoms with Gasteiger partial charge in [-0.2, -0.15) is 4.31 Å². The molecule has 5 nitrogen and oxygen atoms in total. The number of ether oxygens (including phenoxy) is 1. The van der Waals surface area contributed by atoms with Crippen molar-refractivity contribution >= 4 is 16.0 Å². The molecular weight excluding hydrogens is 422 g/mol. The number of rotatable bonds is 17. The predicted molar refractivity (Wildman–Crippen MR) is 130 cm³/mol. The first-order valence-electron chi connectivity index (χ1n) is 12.6. The summed E-state index contributed by atoms with van der Waals surface area (Å²) < 4.78 is 33.0. The summed E-state index contributed by atoms with van der Waals surface area (Å²) in [7, 11) is -1.99. The Morgan fingerprint density at radius 2 is 1.34 bits per heavy atom. The van der Waals surface area contributed by atoms with Crippen molar-refractivity contribution < 1.29 is 17.9 Å². The van der Waals surface area contributed by atoms with Crippen molar-refractivity contribution in [2.45, 2.75) is 121 Å². The number of benzene rings is 1. The Labute approximate surface area is 196 Å². The minimum Gasteiger partial charge on any atom is -0.469 e. The van der Waals surface area contributed by atoms with E-state index >= 15 is 0 Å². The molecule has 0 amide bonds. The van der Waals surface area contributed by atoms with Gasteiger partial charge in [-0.15, -0.1) is 0 Å². The number of esters is 1. The summed E-state index contributed by atoms with van der Waals surface area (Å²) in [5.41, 5.74) is 1.07. The molecule has 0 radical (unpaired) electrons. The van der Waals surface area contributed by atoms with Crippen LogP contribution in [0.15, 0.2) is 29.2 Å². The number of carbonyl (C=O) groups excluding carboxylic acids is 1. The third kappa shape index (κ3) is 8.51. The number of methoxy groups -OCH3 is 1. The molecule has 0 bridgehead atoms. The monoisotopic (exact) mass is 465 g/mol. The average molecular weight is 466 g/mol. The highest BCUT2D eigenvalue weighted by molar-refractivity contribution is 7.89. The normalized spacial score (nSPS) is 20.3. The second-order valence-corrected chi connectivity index (χ2v) is 11.1. The molecule has 0 saturated carbocycles. The molecule has 3 atom stereocenters. The summed E-state index contributed by atoms with van der Waals surface area (Å²) in [6.07, 6.45) is 14.9. The van der Waals surface area contributed by atoms with Crippen LogP contribution in [0.5, 0.6) is 0 Å². The van der Waals surface area contributed by atoms with Crippen molar-refractivity contribution in [1.82, 2.24) is 4.31 Å². The van der Waals surface area contributed by atoms with Gasteiger partial charge in [-0.3, -0.25) is 4.79 Å². The molecule has 0 spiro atoms. The molecule has 1 aromatic rings. The lowest BCUT2D eigenvalue weighted by Crippen LogP contribution is -2.16. The lowest BCUT2D eigenvalue weighted by Gasteiger charge is -2.08. The molecule has 32 heavy (non-hydrogen) atoms. The number of carbonyl (C=O) groups is 1. The Balaban J connectivity index is 1.83. The van der Waals surface area contributed by atoms with E-state index in [1.807, 2.05) is 19.1 Å². The molecule has 2 rings (SSSR count). The first-order chi connectivity index (χ1) is 15.4. The van der Waals surface area contributed by atoms with Gasteiger partial charge in [0.2, 0.25) is 10.0 Å². The van der Waals surface area contributed by atoms with Gasteiger partial charge in [-0.25, -0.2) is 8.42 Å². The summed E-state index contributed by atoms with van der Waals surface area (Å²) in [6.45, 7) is 4.20. The van der Waals surface area contributed by atoms with Gasteiger partial charge in [0, 0.05) is 18.5 Å². The summed E-state index contributed by atoms with van der Waals surface area (Å²) in [6, 6.07) is 7.54. The maximum Gasteiger partial charge on any atom is 0.305 e. The largest absolute Gasteiger partial charge is 0.469 e. The Morgan fingerprint density at radius 3 is 1.88 bits per heavy atom. The fourth-order valence-electron chi connectivity index (χ4n) is 4.53. The van der Waals surface area contributed by atoms with Crippen molar-refractivity contribution in [2.75, 3.05) is 7.11 Å². The van der Waals surface area contributed by atoms with Crippen molar-refractivity contribution in [3.63, 3.8) is 0 Å². The maximum atomic E-state index is 13.2. The van der Waals surface area contributed by atoms with Crippen LogP contribution in [0.2, 0.25) is 0 Å². The molecule has 1 aromatic carbocycles. The van der Waals surface area contributed by atoms with Crippen LogP contribution in [0.1, 0.15) is 102 Å². The van der Waals surface area contributed by atoms with Gasteiger partial charge < -0.3 is 4.74 Å². The zero-order valence-electron chi connectivity index (χ0n) is 20.4. The third-order valence-electron chi connectivity index (χ3n) is 6.57. The Bertz CT molecular complexity index is 776. The van der Waals surface area contributed by atoms with Crippen LogP contribution in [0.4, 0.5) is 0 Å². The van der Waals surface area contributed by atoms with Crippen LogP contribution in [0.3, 0.4) is 0 Å². The van der Waals surface area contributed by atoms with E-state index in [0.717, 1.165) is 56.9 Å². The molecule has 1 aliphatic heterocycles. The van der Waals surface area contributed by atoms with Gasteiger partial charge >= 0.3 is 5.97 Å². The molecule has 0 aliphatic carbocycles. The molecule has 6 heteroatoms. The fraction of sp³-hybridized carbons (Fsp3) is 0.731. The van der Waals surface area contributed by atoms with Gasteiger partial charge in [-0.1, -0.05) is 88.8 Å². The Hall–Kier alpha value is -1.40. The van der Waals surface area contributed by atoms with Crippen LogP contribution >= 0.6 is 0 Å². The molecule has 1 heterocycles. The van der Waals surface area contributed by atoms with Crippen molar-refractivity contribution in [1.29, 1.82) is 0 Å². The van der Waals surface area contributed by atoms with E-state index in [-0.39, 0.29) is 18.1 Å². The lowest BCUT2D eigenvalue weighted by atomic mass is 10.0. The smallest absolute Gasteiger partial charge is 0.305 e. The number of hydrogen-bond donors (Lipinski definition) is 0. The number of aryl methyl sites for hydroxylation is 1. The van der Waals surface area contributed by atoms with Crippen molar-refractivity contribution in [2.24, 2.45) is 0 Å². The van der Waals surface area contributed by atoms with Crippen LogP contribution < -0.4 is 0 Å². The molecular formula is C26H43NO4S. The number of sulfonamides is 1. The quantitative estimate of drug-likeness (QED) is 0.152. The van der Waals surface area contributed by atoms with Crippen molar-refractivity contribution in [3.8, 4) is 0 Å². The zero-order chi connectivity index (χ0) is 23.4. The van der Waals surface area contributed by atoms with Crippen molar-refractivity contribution in [3.05, 3.63) is 29.8 Å². The molecule has 1 saturated heterocycles. The SMILES string of the molecule is CCCCCCCC[C@@H]1[C@H](CCCCCCCC(=O)OC)N1S(=O)(=O)c1ccc(C)cc1. The molecule has 0 aromatic heterocycles. The first-order valence-corrected chi connectivity index (χ1v) is 14.0. The molecule has 0 N–H and O–H groups in total. The van der Waals surface area contributed by atoms with Gasteiger partial charge in [0.15, 0.2) is 0 Å². The highest BCUT2D eigenvalue weighted by Gasteiger charge is 2.53. The van der Waals surface area contributed by atoms with Gasteiger partial charge in [0.25, 0.3) is 0 Å². The van der Waals surface area contributed by atoms with E-state index in [4.69, 9.17) is 0 Å². The van der Waals surface area contributed by atoms with Gasteiger partial charge in [0.1, 0.15) is 0 Å². The number of hydrogen-bond acceptors (Lipinski definition) is 4. The summed E-state index contributed by atoms with van der Waals surface area (Å²) >= 11 is 0. The Morgan fingerprint density at radius 1 is 0.844 bits per heavy atom. The standard InChI is InChI=1S/C26H43NO4S/c1-4-5-6-7-9-12-15-24-25(16-13-10-8-11-14-17-26(28)31-3)27(24)32(29,30)23-20-18-22(2)19-21-23/h18-21,24-25H,4-17H2,1-3H3/t24-,25+,27?/m1/s1. The third-order valence-corrected chi connectivity index (χ3v) is 8.53. The van der Waals surface area contributed by atoms with E-state index in [0.29, 0.717) is 11.3 Å². The number of nitrogens with zero attached hydrogens (tertiary/aromatic N) is 1. The minimum absolute atomic E-state index is 0.141. The zero-order valence-corrected chi connectivity index (χ0v) is 21.2. The summed E-state index contributed by atoms with van der Waals surface area (Å²) in [4.78, 5) is 11.6. The topological polar surface area (TPSA) is 63.5 Å². The van der Waals surface area contributed by atoms with Crippen LogP contribution in [-0.4, -0.2) is 37.9 Å². The Kier molecular flexibility index (Phi) is 11.7. The minimum atomic E-state index is -3.41. The second kappa shape index (κ2) is 14.0. The summed E-state index contributed by atoms with van der Waals surface area (Å²) in [5, 5.41) is 0. The van der Waals surface area contributed by atoms with E-state index in [1.165, 1.54) is 39.2 Å². The first kappa shape index (κ1) is 26.8.